The van der Waals surface area contributed by atoms with Crippen LogP contribution in [0.4, 0.5) is 0 Å². The van der Waals surface area contributed by atoms with Gasteiger partial charge in [-0.3, -0.25) is 4.90 Å². The number of unbranched alkanes of at least 4 members (excludes halogenated alkanes) is 1. The molecule has 0 fully saturated rings. The van der Waals surface area contributed by atoms with Crippen molar-refractivity contribution >= 4 is 0 Å². The van der Waals surface area contributed by atoms with E-state index in [1.54, 1.807) is 0 Å². The highest BCUT2D eigenvalue weighted by Crippen LogP contribution is 2.39. The van der Waals surface area contributed by atoms with E-state index in [0.717, 1.165) is 6.42 Å². The summed E-state index contributed by atoms with van der Waals surface area (Å²) in [6, 6.07) is 7.16. The van der Waals surface area contributed by atoms with E-state index in [-0.39, 0.29) is 0 Å². The van der Waals surface area contributed by atoms with Gasteiger partial charge in [-0.2, -0.15) is 0 Å². The Morgan fingerprint density at radius 1 is 1.35 bits per heavy atom. The first-order valence-electron chi connectivity index (χ1n) is 8.25. The van der Waals surface area contributed by atoms with Crippen molar-refractivity contribution in [3.05, 3.63) is 29.3 Å². The van der Waals surface area contributed by atoms with Crippen molar-refractivity contribution in [3.63, 3.8) is 0 Å². The van der Waals surface area contributed by atoms with Crippen LogP contribution in [0.2, 0.25) is 0 Å². The fraction of sp³-hybridized carbons (Fsp3) is 0.667. The summed E-state index contributed by atoms with van der Waals surface area (Å²) in [6.07, 6.45) is 7.13. The van der Waals surface area contributed by atoms with E-state index < -0.39 is 0 Å². The minimum Gasteiger partial charge on any atom is -0.508 e. The number of hydrogen-bond acceptors (Lipinski definition) is 2. The largest absolute Gasteiger partial charge is 0.508 e. The molecule has 1 aliphatic carbocycles. The fourth-order valence-electron chi connectivity index (χ4n) is 3.41. The standard InChI is InChI=1S/C18H29NO/c1-4-6-13-19(14(3)5-2)17-11-7-10-16-15(17)9-8-12-18(16)20/h8-9,12,14,17,20H,4-7,10-11,13H2,1-3H3. The van der Waals surface area contributed by atoms with Crippen molar-refractivity contribution in [1.82, 2.24) is 4.90 Å². The molecule has 0 bridgehead atoms. The van der Waals surface area contributed by atoms with E-state index in [0.29, 0.717) is 17.8 Å². The smallest absolute Gasteiger partial charge is 0.119 e. The zero-order valence-electron chi connectivity index (χ0n) is 13.2. The van der Waals surface area contributed by atoms with Crippen LogP contribution < -0.4 is 0 Å². The molecule has 2 rings (SSSR count). The molecule has 0 amide bonds. The van der Waals surface area contributed by atoms with Crippen LogP contribution in [0.25, 0.3) is 0 Å². The van der Waals surface area contributed by atoms with Gasteiger partial charge in [-0.25, -0.2) is 0 Å². The van der Waals surface area contributed by atoms with Crippen LogP contribution in [0, 0.1) is 0 Å². The molecule has 0 aliphatic heterocycles. The van der Waals surface area contributed by atoms with Crippen LogP contribution in [-0.2, 0) is 6.42 Å². The van der Waals surface area contributed by atoms with Gasteiger partial charge in [0.1, 0.15) is 5.75 Å². The lowest BCUT2D eigenvalue weighted by atomic mass is 9.85. The first-order valence-corrected chi connectivity index (χ1v) is 8.25. The van der Waals surface area contributed by atoms with Gasteiger partial charge in [-0.05, 0) is 62.8 Å². The number of nitrogens with zero attached hydrogens (tertiary/aromatic N) is 1. The van der Waals surface area contributed by atoms with Gasteiger partial charge in [0.25, 0.3) is 0 Å². The third-order valence-electron chi connectivity index (χ3n) is 4.78. The molecule has 2 nitrogen and oxygen atoms in total. The molecule has 0 saturated heterocycles. The molecule has 1 aromatic carbocycles. The second kappa shape index (κ2) is 7.12. The quantitative estimate of drug-likeness (QED) is 0.815. The van der Waals surface area contributed by atoms with Crippen molar-refractivity contribution in [2.24, 2.45) is 0 Å². The molecule has 20 heavy (non-hydrogen) atoms. The molecule has 0 radical (unpaired) electrons. The topological polar surface area (TPSA) is 23.5 Å². The molecule has 0 heterocycles. The molecule has 2 atom stereocenters. The molecule has 1 N–H and O–H groups in total. The Balaban J connectivity index is 2.28. The molecule has 2 unspecified atom stereocenters. The van der Waals surface area contributed by atoms with E-state index in [1.165, 1.54) is 49.8 Å². The summed E-state index contributed by atoms with van der Waals surface area (Å²) >= 11 is 0. The van der Waals surface area contributed by atoms with E-state index >= 15 is 0 Å². The molecule has 2 heteroatoms. The van der Waals surface area contributed by atoms with E-state index in [9.17, 15) is 5.11 Å². The molecule has 0 saturated carbocycles. The van der Waals surface area contributed by atoms with Gasteiger partial charge in [-0.15, -0.1) is 0 Å². The molecule has 0 aromatic heterocycles. The number of benzene rings is 1. The maximum absolute atomic E-state index is 10.1. The Morgan fingerprint density at radius 2 is 2.15 bits per heavy atom. The molecular weight excluding hydrogens is 246 g/mol. The second-order valence-electron chi connectivity index (χ2n) is 6.10. The molecule has 1 aromatic rings. The summed E-state index contributed by atoms with van der Waals surface area (Å²) in [6.45, 7) is 8.04. The van der Waals surface area contributed by atoms with Gasteiger partial charge in [0, 0.05) is 12.1 Å². The lowest BCUT2D eigenvalue weighted by Gasteiger charge is -2.39. The van der Waals surface area contributed by atoms with Crippen molar-refractivity contribution in [2.75, 3.05) is 6.54 Å². The van der Waals surface area contributed by atoms with Gasteiger partial charge < -0.3 is 5.11 Å². The van der Waals surface area contributed by atoms with Crippen molar-refractivity contribution in [1.29, 1.82) is 0 Å². The minimum atomic E-state index is 0.492. The second-order valence-corrected chi connectivity index (χ2v) is 6.10. The lowest BCUT2D eigenvalue weighted by molar-refractivity contribution is 0.123. The predicted molar refractivity (Wildman–Crippen MR) is 85.2 cm³/mol. The Labute approximate surface area is 123 Å². The number of rotatable bonds is 6. The number of phenols is 1. The highest BCUT2D eigenvalue weighted by molar-refractivity contribution is 5.42. The normalized spacial score (nSPS) is 19.9. The molecule has 112 valence electrons. The first kappa shape index (κ1) is 15.4. The minimum absolute atomic E-state index is 0.492. The third-order valence-corrected chi connectivity index (χ3v) is 4.78. The van der Waals surface area contributed by atoms with E-state index in [4.69, 9.17) is 0 Å². The monoisotopic (exact) mass is 275 g/mol. The Bertz CT molecular complexity index is 429. The summed E-state index contributed by atoms with van der Waals surface area (Å²) in [5.74, 6) is 0.492. The predicted octanol–water partition coefficient (Wildman–Crippen LogP) is 4.67. The van der Waals surface area contributed by atoms with Gasteiger partial charge in [0.15, 0.2) is 0 Å². The zero-order chi connectivity index (χ0) is 14.5. The van der Waals surface area contributed by atoms with Crippen molar-refractivity contribution in [3.8, 4) is 5.75 Å². The number of phenolic OH excluding ortho intramolecular Hbond substituents is 1. The van der Waals surface area contributed by atoms with Crippen LogP contribution in [0.15, 0.2) is 18.2 Å². The van der Waals surface area contributed by atoms with E-state index in [2.05, 4.69) is 31.7 Å². The number of fused-ring (bicyclic) bond motifs is 1. The molecule has 1 aliphatic rings. The first-order chi connectivity index (χ1) is 9.69. The van der Waals surface area contributed by atoms with E-state index in [1.807, 2.05) is 12.1 Å². The van der Waals surface area contributed by atoms with Crippen molar-refractivity contribution in [2.45, 2.75) is 71.4 Å². The van der Waals surface area contributed by atoms with Crippen LogP contribution in [-0.4, -0.2) is 22.6 Å². The Kier molecular flexibility index (Phi) is 5.47. The van der Waals surface area contributed by atoms with Crippen LogP contribution in [0.3, 0.4) is 0 Å². The number of hydrogen-bond donors (Lipinski definition) is 1. The Morgan fingerprint density at radius 3 is 2.85 bits per heavy atom. The van der Waals surface area contributed by atoms with Gasteiger partial charge in [-0.1, -0.05) is 32.4 Å². The van der Waals surface area contributed by atoms with Gasteiger partial charge >= 0.3 is 0 Å². The van der Waals surface area contributed by atoms with Gasteiger partial charge in [0.2, 0.25) is 0 Å². The van der Waals surface area contributed by atoms with Crippen LogP contribution in [0.5, 0.6) is 5.75 Å². The summed E-state index contributed by atoms with van der Waals surface area (Å²) in [7, 11) is 0. The SMILES string of the molecule is CCCCN(C(C)CC)C1CCCc2c(O)cccc21. The maximum Gasteiger partial charge on any atom is 0.119 e. The van der Waals surface area contributed by atoms with Gasteiger partial charge in [0.05, 0.1) is 0 Å². The summed E-state index contributed by atoms with van der Waals surface area (Å²) in [4.78, 5) is 2.67. The third kappa shape index (κ3) is 3.17. The summed E-state index contributed by atoms with van der Waals surface area (Å²) in [5.41, 5.74) is 2.56. The van der Waals surface area contributed by atoms with Crippen LogP contribution in [0.1, 0.15) is 70.0 Å². The summed E-state index contributed by atoms with van der Waals surface area (Å²) in [5, 5.41) is 10.1. The number of aromatic hydroxyl groups is 1. The maximum atomic E-state index is 10.1. The lowest BCUT2D eigenvalue weighted by Crippen LogP contribution is -2.38. The average Bonchev–Trinajstić information content (AvgIpc) is 2.48. The Hall–Kier alpha value is -1.02. The fourth-order valence-corrected chi connectivity index (χ4v) is 3.41. The molecular formula is C18H29NO. The highest BCUT2D eigenvalue weighted by atomic mass is 16.3. The highest BCUT2D eigenvalue weighted by Gasteiger charge is 2.29. The van der Waals surface area contributed by atoms with Crippen LogP contribution >= 0.6 is 0 Å². The zero-order valence-corrected chi connectivity index (χ0v) is 13.2. The average molecular weight is 275 g/mol. The summed E-state index contributed by atoms with van der Waals surface area (Å²) < 4.78 is 0. The van der Waals surface area contributed by atoms with Crippen molar-refractivity contribution < 1.29 is 5.11 Å². The molecule has 0 spiro atoms.